The third kappa shape index (κ3) is 4.35. The van der Waals surface area contributed by atoms with E-state index in [9.17, 15) is 4.79 Å². The fourth-order valence-electron chi connectivity index (χ4n) is 3.10. The number of unbranched alkanes of at least 4 members (excludes halogenated alkanes) is 2. The molecule has 0 aliphatic carbocycles. The Morgan fingerprint density at radius 1 is 1.11 bits per heavy atom. The van der Waals surface area contributed by atoms with Crippen LogP contribution in [0.4, 0.5) is 5.82 Å². The molecule has 0 amide bonds. The molecule has 0 spiro atoms. The number of hydrogen-bond donors (Lipinski definition) is 1. The van der Waals surface area contributed by atoms with Crippen molar-refractivity contribution in [2.75, 3.05) is 18.9 Å². The van der Waals surface area contributed by atoms with Crippen molar-refractivity contribution in [3.63, 3.8) is 0 Å². The van der Waals surface area contributed by atoms with Crippen LogP contribution in [-0.4, -0.2) is 33.9 Å². The van der Waals surface area contributed by atoms with E-state index in [2.05, 4.69) is 11.9 Å². The van der Waals surface area contributed by atoms with E-state index < -0.39 is 0 Å². The Bertz CT molecular complexity index is 952. The van der Waals surface area contributed by atoms with E-state index in [1.165, 1.54) is 0 Å². The predicted octanol–water partition coefficient (Wildman–Crippen LogP) is 3.67. The van der Waals surface area contributed by atoms with Crippen molar-refractivity contribution in [1.29, 1.82) is 0 Å². The lowest BCUT2D eigenvalue weighted by atomic mass is 10.2. The molecule has 0 radical (unpaired) electrons. The molecule has 0 unspecified atom stereocenters. The molecule has 2 N–H and O–H groups in total. The Kier molecular flexibility index (Phi) is 6.68. The van der Waals surface area contributed by atoms with E-state index in [0.29, 0.717) is 31.0 Å². The van der Waals surface area contributed by atoms with Crippen molar-refractivity contribution in [3.8, 4) is 0 Å². The van der Waals surface area contributed by atoms with Crippen LogP contribution in [0.2, 0.25) is 0 Å². The molecular weight excluding hydrogens is 356 g/mol. The first kappa shape index (κ1) is 19.9. The number of nitrogens with zero attached hydrogens (tertiary/aromatic N) is 3. The number of nitrogen functional groups attached to an aromatic ring is 1. The number of aromatic nitrogens is 3. The van der Waals surface area contributed by atoms with Gasteiger partial charge in [0.25, 0.3) is 0 Å². The Morgan fingerprint density at radius 3 is 2.68 bits per heavy atom. The van der Waals surface area contributed by atoms with Crippen LogP contribution >= 0.6 is 0 Å². The molecule has 150 valence electrons. The number of rotatable bonds is 10. The highest BCUT2D eigenvalue weighted by atomic mass is 16.7. The molecule has 0 fully saturated rings. The summed E-state index contributed by atoms with van der Waals surface area (Å²) in [5, 5.41) is 0.971. The SMILES string of the molecule is CCCCc1nc2c(N)nc3ccccc3c2n1OCCCCOC(=O)CC. The van der Waals surface area contributed by atoms with Crippen LogP contribution in [0.15, 0.2) is 24.3 Å². The molecule has 2 aromatic heterocycles. The van der Waals surface area contributed by atoms with Gasteiger partial charge in [-0.05, 0) is 25.3 Å². The highest BCUT2D eigenvalue weighted by Crippen LogP contribution is 2.28. The van der Waals surface area contributed by atoms with Crippen LogP contribution in [0.5, 0.6) is 0 Å². The van der Waals surface area contributed by atoms with E-state index in [0.717, 1.165) is 54.3 Å². The van der Waals surface area contributed by atoms with Gasteiger partial charge in [-0.1, -0.05) is 38.5 Å². The van der Waals surface area contributed by atoms with Crippen LogP contribution in [0.3, 0.4) is 0 Å². The minimum absolute atomic E-state index is 0.169. The zero-order chi connectivity index (χ0) is 19.9. The van der Waals surface area contributed by atoms with Crippen molar-refractivity contribution in [2.24, 2.45) is 0 Å². The van der Waals surface area contributed by atoms with Crippen molar-refractivity contribution < 1.29 is 14.4 Å². The predicted molar refractivity (Wildman–Crippen MR) is 110 cm³/mol. The summed E-state index contributed by atoms with van der Waals surface area (Å²) in [6.45, 7) is 4.86. The zero-order valence-electron chi connectivity index (χ0n) is 16.6. The number of carbonyl (C=O) groups is 1. The summed E-state index contributed by atoms with van der Waals surface area (Å²) in [6, 6.07) is 7.87. The fourth-order valence-corrected chi connectivity index (χ4v) is 3.10. The second kappa shape index (κ2) is 9.39. The zero-order valence-corrected chi connectivity index (χ0v) is 16.6. The number of para-hydroxylation sites is 1. The highest BCUT2D eigenvalue weighted by Gasteiger charge is 2.18. The molecule has 0 saturated carbocycles. The number of aryl methyl sites for hydroxylation is 1. The second-order valence-electron chi connectivity index (χ2n) is 6.75. The number of fused-ring (bicyclic) bond motifs is 3. The van der Waals surface area contributed by atoms with Gasteiger partial charge in [0, 0.05) is 18.2 Å². The molecule has 7 nitrogen and oxygen atoms in total. The Balaban J connectivity index is 1.83. The van der Waals surface area contributed by atoms with Crippen LogP contribution in [0.25, 0.3) is 21.9 Å². The average Bonchev–Trinajstić information content (AvgIpc) is 3.08. The Hall–Kier alpha value is -2.83. The van der Waals surface area contributed by atoms with E-state index >= 15 is 0 Å². The third-order valence-electron chi connectivity index (χ3n) is 4.61. The summed E-state index contributed by atoms with van der Waals surface area (Å²) in [7, 11) is 0. The number of anilines is 1. The fraction of sp³-hybridized carbons (Fsp3) is 0.476. The van der Waals surface area contributed by atoms with Gasteiger partial charge in [0.05, 0.1) is 12.1 Å². The maximum Gasteiger partial charge on any atom is 0.305 e. The van der Waals surface area contributed by atoms with Gasteiger partial charge in [-0.2, -0.15) is 4.73 Å². The van der Waals surface area contributed by atoms with Gasteiger partial charge in [0.15, 0.2) is 5.82 Å². The van der Waals surface area contributed by atoms with E-state index in [4.69, 9.17) is 20.3 Å². The van der Waals surface area contributed by atoms with Crippen LogP contribution < -0.4 is 10.6 Å². The van der Waals surface area contributed by atoms with Gasteiger partial charge in [0.1, 0.15) is 23.5 Å². The maximum absolute atomic E-state index is 11.2. The van der Waals surface area contributed by atoms with Gasteiger partial charge < -0.3 is 15.3 Å². The molecule has 3 rings (SSSR count). The largest absolute Gasteiger partial charge is 0.466 e. The van der Waals surface area contributed by atoms with Crippen LogP contribution in [-0.2, 0) is 16.0 Å². The van der Waals surface area contributed by atoms with Gasteiger partial charge in [-0.15, -0.1) is 0 Å². The molecule has 28 heavy (non-hydrogen) atoms. The topological polar surface area (TPSA) is 92.3 Å². The Labute approximate surface area is 164 Å². The normalized spacial score (nSPS) is 11.2. The number of imidazole rings is 1. The number of esters is 1. The number of pyridine rings is 1. The lowest BCUT2D eigenvalue weighted by Gasteiger charge is -2.12. The van der Waals surface area contributed by atoms with Crippen molar-refractivity contribution >= 4 is 33.7 Å². The van der Waals surface area contributed by atoms with Crippen molar-refractivity contribution in [3.05, 3.63) is 30.1 Å². The number of benzene rings is 1. The first-order valence-corrected chi connectivity index (χ1v) is 10.00. The first-order valence-electron chi connectivity index (χ1n) is 10.00. The molecule has 0 aliphatic heterocycles. The van der Waals surface area contributed by atoms with Gasteiger partial charge in [-0.25, -0.2) is 9.97 Å². The van der Waals surface area contributed by atoms with Gasteiger partial charge in [0.2, 0.25) is 0 Å². The van der Waals surface area contributed by atoms with Crippen molar-refractivity contribution in [2.45, 2.75) is 52.4 Å². The number of nitrogens with two attached hydrogens (primary N) is 1. The molecule has 0 aliphatic rings. The molecule has 0 bridgehead atoms. The Morgan fingerprint density at radius 2 is 1.89 bits per heavy atom. The monoisotopic (exact) mass is 384 g/mol. The maximum atomic E-state index is 11.2. The molecule has 1 aromatic carbocycles. The van der Waals surface area contributed by atoms with Crippen LogP contribution in [0, 0.1) is 0 Å². The summed E-state index contributed by atoms with van der Waals surface area (Å²) in [4.78, 5) is 26.5. The number of hydrogen-bond acceptors (Lipinski definition) is 6. The smallest absolute Gasteiger partial charge is 0.305 e. The quantitative estimate of drug-likeness (QED) is 0.423. The summed E-state index contributed by atoms with van der Waals surface area (Å²) < 4.78 is 6.93. The molecular formula is C21H28N4O3. The van der Waals surface area contributed by atoms with Gasteiger partial charge >= 0.3 is 5.97 Å². The van der Waals surface area contributed by atoms with Crippen LogP contribution in [0.1, 0.15) is 51.8 Å². The lowest BCUT2D eigenvalue weighted by molar-refractivity contribution is -0.143. The summed E-state index contributed by atoms with van der Waals surface area (Å²) in [6.07, 6.45) is 4.84. The van der Waals surface area contributed by atoms with Crippen molar-refractivity contribution in [1.82, 2.24) is 14.7 Å². The van der Waals surface area contributed by atoms with Gasteiger partial charge in [-0.3, -0.25) is 4.79 Å². The summed E-state index contributed by atoms with van der Waals surface area (Å²) >= 11 is 0. The van der Waals surface area contributed by atoms with E-state index in [1.807, 2.05) is 29.0 Å². The molecule has 0 atom stereocenters. The second-order valence-corrected chi connectivity index (χ2v) is 6.75. The first-order chi connectivity index (χ1) is 13.7. The molecule has 3 aromatic rings. The lowest BCUT2D eigenvalue weighted by Crippen LogP contribution is -2.17. The minimum Gasteiger partial charge on any atom is -0.466 e. The average molecular weight is 384 g/mol. The molecule has 0 saturated heterocycles. The third-order valence-corrected chi connectivity index (χ3v) is 4.61. The van der Waals surface area contributed by atoms with E-state index in [1.54, 1.807) is 6.92 Å². The molecule has 2 heterocycles. The summed E-state index contributed by atoms with van der Waals surface area (Å²) in [5.74, 6) is 1.11. The highest BCUT2D eigenvalue weighted by molar-refractivity contribution is 6.06. The minimum atomic E-state index is -0.169. The van der Waals surface area contributed by atoms with E-state index in [-0.39, 0.29) is 5.97 Å². The standard InChI is InChI=1S/C21H28N4O3/c1-3-5-12-17-24-19-20(15-10-6-7-11-16(15)23-21(19)22)25(17)28-14-9-8-13-27-18(26)4-2/h6-7,10-11H,3-5,8-9,12-14H2,1-2H3,(H2,22,23). The number of ether oxygens (including phenoxy) is 1. The number of carbonyl (C=O) groups excluding carboxylic acids is 1. The molecule has 7 heteroatoms. The summed E-state index contributed by atoms with van der Waals surface area (Å²) in [5.41, 5.74) is 8.55.